The molecule has 0 atom stereocenters. The van der Waals surface area contributed by atoms with E-state index in [-0.39, 0.29) is 11.4 Å². The summed E-state index contributed by atoms with van der Waals surface area (Å²) in [6.45, 7) is 7.32. The minimum Gasteiger partial charge on any atom is -0.363 e. The number of rotatable bonds is 6. The van der Waals surface area contributed by atoms with Crippen LogP contribution in [0.3, 0.4) is 0 Å². The quantitative estimate of drug-likeness (QED) is 0.199. The summed E-state index contributed by atoms with van der Waals surface area (Å²) in [7, 11) is 1.09. The summed E-state index contributed by atoms with van der Waals surface area (Å²) in [4.78, 5) is 41.5. The number of aromatic nitrogens is 4. The molecule has 0 bridgehead atoms. The molecule has 1 fully saturated rings. The van der Waals surface area contributed by atoms with Crippen LogP contribution in [0.5, 0.6) is 0 Å². The number of nitriles is 1. The summed E-state index contributed by atoms with van der Waals surface area (Å²) in [6.07, 6.45) is -0.702. The van der Waals surface area contributed by atoms with Crippen LogP contribution in [0.15, 0.2) is 24.4 Å². The molecule has 0 saturated heterocycles. The van der Waals surface area contributed by atoms with Crippen molar-refractivity contribution in [3.05, 3.63) is 70.0 Å². The molecule has 11 nitrogen and oxygen atoms in total. The van der Waals surface area contributed by atoms with Gasteiger partial charge in [0.05, 0.1) is 29.9 Å². The van der Waals surface area contributed by atoms with Crippen LogP contribution < -0.4 is 10.6 Å². The zero-order chi connectivity index (χ0) is 27.1. The fourth-order valence-corrected chi connectivity index (χ4v) is 4.09. The summed E-state index contributed by atoms with van der Waals surface area (Å²) < 4.78 is 57.0. The van der Waals surface area contributed by atoms with Crippen molar-refractivity contribution in [2.75, 3.05) is 5.32 Å². The largest absolute Gasteiger partial charge is 0.363 e. The number of hydrogen-bond acceptors (Lipinski definition) is 6. The molecule has 2 heterocycles. The van der Waals surface area contributed by atoms with Crippen LogP contribution in [0.2, 0.25) is 0 Å². The molecular weight excluding hydrogens is 500 g/mol. The Morgan fingerprint density at radius 2 is 1.97 bits per heavy atom. The molecule has 2 aromatic heterocycles. The van der Waals surface area contributed by atoms with Gasteiger partial charge in [-0.05, 0) is 18.2 Å². The first kappa shape index (κ1) is 25.1. The molecule has 1 aliphatic rings. The maximum absolute atomic E-state index is 15.4. The zero-order valence-corrected chi connectivity index (χ0v) is 18.7. The van der Waals surface area contributed by atoms with E-state index in [2.05, 4.69) is 30.9 Å². The Morgan fingerprint density at radius 1 is 1.27 bits per heavy atom. The second-order valence-corrected chi connectivity index (χ2v) is 8.22. The van der Waals surface area contributed by atoms with Gasteiger partial charge in [0.25, 0.3) is 17.7 Å². The Hall–Kier alpha value is -5.05. The average Bonchev–Trinajstić information content (AvgIpc) is 3.45. The zero-order valence-electron chi connectivity index (χ0n) is 18.7. The summed E-state index contributed by atoms with van der Waals surface area (Å²) in [5, 5.41) is 22.7. The molecular formula is C22H14F4N8O3. The third-order valence-corrected chi connectivity index (χ3v) is 5.78. The van der Waals surface area contributed by atoms with E-state index in [9.17, 15) is 27.6 Å². The highest BCUT2D eigenvalue weighted by atomic mass is 19.3. The molecule has 15 heteroatoms. The summed E-state index contributed by atoms with van der Waals surface area (Å²) in [5.41, 5.74) is -4.17. The fraction of sp³-hybridized carbons (Fsp3) is 0.227. The molecule has 1 aliphatic carbocycles. The van der Waals surface area contributed by atoms with Gasteiger partial charge in [-0.1, -0.05) is 6.57 Å². The third kappa shape index (κ3) is 4.27. The maximum atomic E-state index is 15.4. The number of nitrogens with one attached hydrogen (secondary N) is 3. The number of benzene rings is 1. The predicted octanol–water partition coefficient (Wildman–Crippen LogP) is 2.72. The Bertz CT molecular complexity index is 1520. The minimum atomic E-state index is -3.16. The number of anilines is 1. The molecule has 37 heavy (non-hydrogen) atoms. The molecule has 188 valence electrons. The lowest BCUT2D eigenvalue weighted by Gasteiger charge is -2.46. The number of halogens is 4. The van der Waals surface area contributed by atoms with E-state index in [1.54, 1.807) is 6.07 Å². The van der Waals surface area contributed by atoms with E-state index in [1.165, 1.54) is 0 Å². The molecule has 2 amide bonds. The van der Waals surface area contributed by atoms with Crippen LogP contribution >= 0.6 is 0 Å². The summed E-state index contributed by atoms with van der Waals surface area (Å²) in [5.74, 6) is -10.5. The Morgan fingerprint density at radius 3 is 2.54 bits per heavy atom. The van der Waals surface area contributed by atoms with E-state index in [4.69, 9.17) is 11.8 Å². The molecule has 4 rings (SSSR count). The third-order valence-electron chi connectivity index (χ3n) is 5.78. The van der Waals surface area contributed by atoms with Gasteiger partial charge in [0.1, 0.15) is 17.6 Å². The number of nitrogens with zero attached hydrogens (tertiary/aromatic N) is 5. The topological polar surface area (TPSA) is 150 Å². The Balaban J connectivity index is 1.64. The lowest BCUT2D eigenvalue weighted by atomic mass is 9.71. The van der Waals surface area contributed by atoms with Gasteiger partial charge in [0.15, 0.2) is 5.82 Å². The molecule has 0 radical (unpaired) electrons. The molecule has 1 saturated carbocycles. The SMILES string of the molecule is [C-]#[N+]c1c(C(=O)C(=O)NC2(c3cn[nH]n3)CC(F)(F)C2)c(F)c(C(=O)Nc2ccc(F)c(C#N)c2)n1C. The van der Waals surface area contributed by atoms with E-state index in [0.29, 0.717) is 0 Å². The predicted molar refractivity (Wildman–Crippen MR) is 115 cm³/mol. The average molecular weight is 514 g/mol. The number of aromatic amines is 1. The first-order valence-corrected chi connectivity index (χ1v) is 10.3. The highest BCUT2D eigenvalue weighted by Gasteiger charge is 2.60. The number of carbonyl (C=O) groups excluding carboxylic acids is 3. The van der Waals surface area contributed by atoms with Gasteiger partial charge in [-0.15, -0.1) is 0 Å². The molecule has 3 aromatic rings. The van der Waals surface area contributed by atoms with Crippen molar-refractivity contribution >= 4 is 29.1 Å². The highest BCUT2D eigenvalue weighted by Crippen LogP contribution is 2.51. The van der Waals surface area contributed by atoms with E-state index >= 15 is 4.39 Å². The van der Waals surface area contributed by atoms with E-state index in [0.717, 1.165) is 36.0 Å². The van der Waals surface area contributed by atoms with Crippen LogP contribution in [-0.4, -0.2) is 43.5 Å². The monoisotopic (exact) mass is 514 g/mol. The van der Waals surface area contributed by atoms with Crippen molar-refractivity contribution in [2.45, 2.75) is 24.3 Å². The first-order valence-electron chi connectivity index (χ1n) is 10.3. The van der Waals surface area contributed by atoms with Gasteiger partial charge in [-0.3, -0.25) is 19.0 Å². The number of H-pyrrole nitrogens is 1. The van der Waals surface area contributed by atoms with Crippen LogP contribution in [0.25, 0.3) is 4.85 Å². The van der Waals surface area contributed by atoms with E-state index < -0.39 is 76.2 Å². The maximum Gasteiger partial charge on any atom is 0.297 e. The standard InChI is InChI=1S/C22H14F4N8O3/c1-28-18-14(17(35)20(37)31-21(8-22(25,26)9-21)13-7-29-33-32-13)15(24)16(34(18)2)19(36)30-11-3-4-12(23)10(5-11)6-27/h3-5,7H,8-9H2,2H3,(H,30,36)(H,31,37)(H,29,32,33). The lowest BCUT2D eigenvalue weighted by molar-refractivity contribution is -0.148. The van der Waals surface area contributed by atoms with Gasteiger partial charge in [-0.25, -0.2) is 17.6 Å². The molecule has 1 aromatic carbocycles. The lowest BCUT2D eigenvalue weighted by Crippen LogP contribution is -2.61. The van der Waals surface area contributed by atoms with Crippen molar-refractivity contribution in [3.8, 4) is 6.07 Å². The second kappa shape index (κ2) is 8.87. The fourth-order valence-electron chi connectivity index (χ4n) is 4.09. The van der Waals surface area contributed by atoms with Crippen LogP contribution in [0.1, 0.15) is 44.9 Å². The smallest absolute Gasteiger partial charge is 0.297 e. The number of ketones is 1. The second-order valence-electron chi connectivity index (χ2n) is 8.22. The minimum absolute atomic E-state index is 0.0744. The number of alkyl halides is 2. The van der Waals surface area contributed by atoms with Crippen LogP contribution in [-0.2, 0) is 17.4 Å². The highest BCUT2D eigenvalue weighted by molar-refractivity contribution is 6.44. The van der Waals surface area contributed by atoms with E-state index in [1.807, 2.05) is 0 Å². The van der Waals surface area contributed by atoms with Gasteiger partial charge in [-0.2, -0.15) is 20.7 Å². The normalized spacial score (nSPS) is 15.1. The van der Waals surface area contributed by atoms with Crippen molar-refractivity contribution in [1.29, 1.82) is 5.26 Å². The van der Waals surface area contributed by atoms with Crippen molar-refractivity contribution in [2.24, 2.45) is 7.05 Å². The molecule has 0 unspecified atom stereocenters. The number of amides is 2. The first-order chi connectivity index (χ1) is 17.4. The van der Waals surface area contributed by atoms with Crippen molar-refractivity contribution in [1.82, 2.24) is 25.3 Å². The van der Waals surface area contributed by atoms with Crippen LogP contribution in [0.4, 0.5) is 29.1 Å². The van der Waals surface area contributed by atoms with Gasteiger partial charge in [0.2, 0.25) is 17.3 Å². The van der Waals surface area contributed by atoms with Gasteiger partial charge in [0, 0.05) is 18.5 Å². The number of hydrogen-bond donors (Lipinski definition) is 3. The molecule has 0 spiro atoms. The Labute approximate surface area is 204 Å². The van der Waals surface area contributed by atoms with Crippen LogP contribution in [0, 0.1) is 29.5 Å². The summed E-state index contributed by atoms with van der Waals surface area (Å²) in [6, 6.07) is 4.56. The number of carbonyl (C=O) groups is 3. The van der Waals surface area contributed by atoms with Gasteiger partial charge < -0.3 is 15.5 Å². The summed E-state index contributed by atoms with van der Waals surface area (Å²) >= 11 is 0. The van der Waals surface area contributed by atoms with Crippen molar-refractivity contribution < 1.29 is 31.9 Å². The molecule has 0 aliphatic heterocycles. The van der Waals surface area contributed by atoms with Gasteiger partial charge >= 0.3 is 0 Å². The number of Topliss-reactive ketones (excluding diaryl/α,β-unsaturated/α-hetero) is 1. The molecule has 3 N–H and O–H groups in total. The Kier molecular flexibility index (Phi) is 6.01. The van der Waals surface area contributed by atoms with Crippen molar-refractivity contribution in [3.63, 3.8) is 0 Å².